The summed E-state index contributed by atoms with van der Waals surface area (Å²) < 4.78 is 0. The Morgan fingerprint density at radius 3 is 1.70 bits per heavy atom. The van der Waals surface area contributed by atoms with Crippen molar-refractivity contribution in [3.8, 4) is 0 Å². The molecule has 0 saturated heterocycles. The van der Waals surface area contributed by atoms with E-state index in [1.54, 1.807) is 0 Å². The van der Waals surface area contributed by atoms with E-state index in [1.165, 1.54) is 77.0 Å². The molecule has 135 valence electrons. The fourth-order valence-electron chi connectivity index (χ4n) is 2.72. The van der Waals surface area contributed by atoms with E-state index in [4.69, 9.17) is 5.11 Å². The van der Waals surface area contributed by atoms with Crippen molar-refractivity contribution in [2.75, 3.05) is 0 Å². The van der Waals surface area contributed by atoms with E-state index in [0.717, 1.165) is 19.3 Å². The highest BCUT2D eigenvalue weighted by atomic mass is 16.3. The Labute approximate surface area is 146 Å². The lowest BCUT2D eigenvalue weighted by molar-refractivity contribution is 0.205. The summed E-state index contributed by atoms with van der Waals surface area (Å²) in [6.45, 7) is 5.85. The van der Waals surface area contributed by atoms with E-state index < -0.39 is 0 Å². The molecule has 23 heavy (non-hydrogen) atoms. The molecule has 1 unspecified atom stereocenters. The van der Waals surface area contributed by atoms with Crippen LogP contribution in [-0.4, -0.2) is 11.2 Å². The van der Waals surface area contributed by atoms with Crippen molar-refractivity contribution < 1.29 is 5.11 Å². The van der Waals surface area contributed by atoms with E-state index in [9.17, 15) is 0 Å². The summed E-state index contributed by atoms with van der Waals surface area (Å²) in [7, 11) is 0. The van der Waals surface area contributed by atoms with Gasteiger partial charge < -0.3 is 5.11 Å². The zero-order chi connectivity index (χ0) is 17.0. The maximum Gasteiger partial charge on any atom is 0.0541 e. The third-order valence-corrected chi connectivity index (χ3v) is 4.24. The zero-order valence-electron chi connectivity index (χ0n) is 15.6. The van der Waals surface area contributed by atoms with E-state index >= 15 is 0 Å². The molecule has 0 heterocycles. The third-order valence-electron chi connectivity index (χ3n) is 4.24. The molecule has 1 N–H and O–H groups in total. The summed E-state index contributed by atoms with van der Waals surface area (Å²) in [5, 5.41) is 9.07. The number of hydrogen-bond donors (Lipinski definition) is 1. The number of aliphatic hydroxyl groups is 1. The monoisotopic (exact) mass is 321 g/mol. The van der Waals surface area contributed by atoms with Gasteiger partial charge in [-0.3, -0.25) is 0 Å². The zero-order valence-corrected chi connectivity index (χ0v) is 15.6. The van der Waals surface area contributed by atoms with Crippen LogP contribution in [0.5, 0.6) is 0 Å². The summed E-state index contributed by atoms with van der Waals surface area (Å²) in [4.78, 5) is 0. The topological polar surface area (TPSA) is 20.2 Å². The third kappa shape index (κ3) is 21.4. The highest BCUT2D eigenvalue weighted by molar-refractivity contribution is 4.92. The van der Waals surface area contributed by atoms with Crippen LogP contribution in [0.4, 0.5) is 0 Å². The van der Waals surface area contributed by atoms with Crippen LogP contribution >= 0.6 is 0 Å². The lowest BCUT2D eigenvalue weighted by Crippen LogP contribution is -1.98. The Kier molecular flexibility index (Phi) is 19.0. The van der Waals surface area contributed by atoms with Gasteiger partial charge in [0, 0.05) is 0 Å². The molecule has 0 aliphatic carbocycles. The Morgan fingerprint density at radius 1 is 0.696 bits per heavy atom. The second-order valence-corrected chi connectivity index (χ2v) is 6.73. The van der Waals surface area contributed by atoms with Gasteiger partial charge in [-0.1, -0.05) is 89.0 Å². The van der Waals surface area contributed by atoms with Crippen LogP contribution in [0, 0.1) is 6.92 Å². The molecule has 0 aromatic rings. The van der Waals surface area contributed by atoms with Crippen LogP contribution < -0.4 is 0 Å². The largest absolute Gasteiger partial charge is 0.393 e. The maximum atomic E-state index is 9.07. The molecule has 0 aliphatic heterocycles. The Morgan fingerprint density at radius 2 is 1.17 bits per heavy atom. The standard InChI is InChI=1S/C22H41O/c1-3-4-5-6-7-8-9-10-11-12-13-14-15-16-17-18-19-20-21-22(2)23/h7-8,10-11,22-23H,2-6,9,12-21H2,1H3/b8-7-,11-10-. The van der Waals surface area contributed by atoms with Crippen molar-refractivity contribution in [2.45, 2.75) is 109 Å². The minimum atomic E-state index is -0.361. The molecule has 0 fully saturated rings. The summed E-state index contributed by atoms with van der Waals surface area (Å²) in [6.07, 6.45) is 27.9. The molecule has 0 aromatic carbocycles. The molecule has 1 nitrogen and oxygen atoms in total. The predicted octanol–water partition coefficient (Wildman–Crippen LogP) is 7.17. The van der Waals surface area contributed by atoms with Crippen LogP contribution in [-0.2, 0) is 0 Å². The normalized spacial score (nSPS) is 13.3. The molecule has 0 rings (SSSR count). The van der Waals surface area contributed by atoms with Gasteiger partial charge >= 0.3 is 0 Å². The molecule has 1 atom stereocenters. The highest BCUT2D eigenvalue weighted by Gasteiger charge is 1.95. The number of unbranched alkanes of at least 4 members (excludes halogenated alkanes) is 11. The van der Waals surface area contributed by atoms with E-state index in [1.807, 2.05) is 0 Å². The first-order valence-corrected chi connectivity index (χ1v) is 10.1. The number of allylic oxidation sites excluding steroid dienone is 4. The molecular weight excluding hydrogens is 280 g/mol. The van der Waals surface area contributed by atoms with Crippen molar-refractivity contribution in [2.24, 2.45) is 0 Å². The van der Waals surface area contributed by atoms with Gasteiger partial charge in [-0.05, 0) is 45.4 Å². The summed E-state index contributed by atoms with van der Waals surface area (Å²) >= 11 is 0. The fourth-order valence-corrected chi connectivity index (χ4v) is 2.72. The first-order chi connectivity index (χ1) is 11.3. The highest BCUT2D eigenvalue weighted by Crippen LogP contribution is 2.11. The predicted molar refractivity (Wildman–Crippen MR) is 105 cm³/mol. The van der Waals surface area contributed by atoms with Crippen LogP contribution in [0.2, 0.25) is 0 Å². The minimum Gasteiger partial charge on any atom is -0.393 e. The number of rotatable bonds is 17. The Hall–Kier alpha value is -0.560. The lowest BCUT2D eigenvalue weighted by Gasteiger charge is -2.03. The lowest BCUT2D eigenvalue weighted by atomic mass is 10.1. The van der Waals surface area contributed by atoms with Crippen molar-refractivity contribution in [1.82, 2.24) is 0 Å². The van der Waals surface area contributed by atoms with Gasteiger partial charge in [0.2, 0.25) is 0 Å². The first kappa shape index (κ1) is 22.4. The quantitative estimate of drug-likeness (QED) is 0.222. The fraction of sp³-hybridized carbons (Fsp3) is 0.773. The van der Waals surface area contributed by atoms with Crippen molar-refractivity contribution in [1.29, 1.82) is 0 Å². The van der Waals surface area contributed by atoms with Gasteiger partial charge in [0.15, 0.2) is 0 Å². The number of aliphatic hydroxyl groups excluding tert-OH is 1. The van der Waals surface area contributed by atoms with Gasteiger partial charge in [-0.2, -0.15) is 0 Å². The smallest absolute Gasteiger partial charge is 0.0541 e. The van der Waals surface area contributed by atoms with Crippen molar-refractivity contribution >= 4 is 0 Å². The average molecular weight is 322 g/mol. The molecule has 0 spiro atoms. The average Bonchev–Trinajstić information content (AvgIpc) is 2.53. The van der Waals surface area contributed by atoms with Gasteiger partial charge in [0.1, 0.15) is 0 Å². The second kappa shape index (κ2) is 19.5. The summed E-state index contributed by atoms with van der Waals surface area (Å²) in [6, 6.07) is 0. The SMILES string of the molecule is [CH2]C(O)CCCCCCCCCC/C=C\C/C=C\CCCCC. The minimum absolute atomic E-state index is 0.361. The molecule has 1 heteroatoms. The van der Waals surface area contributed by atoms with Gasteiger partial charge in [0.05, 0.1) is 6.10 Å². The van der Waals surface area contributed by atoms with Gasteiger partial charge in [-0.15, -0.1) is 0 Å². The summed E-state index contributed by atoms with van der Waals surface area (Å²) in [5.74, 6) is 0. The van der Waals surface area contributed by atoms with Crippen molar-refractivity contribution in [3.05, 3.63) is 31.2 Å². The molecule has 1 radical (unpaired) electrons. The first-order valence-electron chi connectivity index (χ1n) is 10.1. The van der Waals surface area contributed by atoms with Gasteiger partial charge in [0.25, 0.3) is 0 Å². The molecule has 0 aromatic heterocycles. The Bertz CT molecular complexity index is 265. The molecule has 0 bridgehead atoms. The molecular formula is C22H41O. The van der Waals surface area contributed by atoms with Crippen LogP contribution in [0.1, 0.15) is 103 Å². The molecule has 0 amide bonds. The van der Waals surface area contributed by atoms with Crippen molar-refractivity contribution in [3.63, 3.8) is 0 Å². The molecule has 0 aliphatic rings. The summed E-state index contributed by atoms with van der Waals surface area (Å²) in [5.41, 5.74) is 0. The number of hydrogen-bond acceptors (Lipinski definition) is 1. The van der Waals surface area contributed by atoms with E-state index in [0.29, 0.717) is 0 Å². The van der Waals surface area contributed by atoms with Crippen LogP contribution in [0.15, 0.2) is 24.3 Å². The second-order valence-electron chi connectivity index (χ2n) is 6.73. The molecule has 0 saturated carbocycles. The van der Waals surface area contributed by atoms with Crippen LogP contribution in [0.3, 0.4) is 0 Å². The van der Waals surface area contributed by atoms with Gasteiger partial charge in [-0.25, -0.2) is 0 Å². The van der Waals surface area contributed by atoms with E-state index in [-0.39, 0.29) is 6.10 Å². The van der Waals surface area contributed by atoms with E-state index in [2.05, 4.69) is 38.2 Å². The van der Waals surface area contributed by atoms with Crippen LogP contribution in [0.25, 0.3) is 0 Å². The maximum absolute atomic E-state index is 9.07. The Balaban J connectivity index is 3.13.